The highest BCUT2D eigenvalue weighted by Gasteiger charge is 2.16. The summed E-state index contributed by atoms with van der Waals surface area (Å²) >= 11 is 0. The highest BCUT2D eigenvalue weighted by molar-refractivity contribution is 6.05. The maximum atomic E-state index is 12.5. The molecule has 2 N–H and O–H groups in total. The van der Waals surface area contributed by atoms with E-state index in [1.165, 1.54) is 0 Å². The molecule has 0 saturated carbocycles. The Kier molecular flexibility index (Phi) is 4.14. The second kappa shape index (κ2) is 6.24. The lowest BCUT2D eigenvalue weighted by atomic mass is 10.1. The van der Waals surface area contributed by atoms with Gasteiger partial charge in [-0.15, -0.1) is 0 Å². The maximum absolute atomic E-state index is 12.5. The minimum atomic E-state index is -0.0876. The van der Waals surface area contributed by atoms with Crippen LogP contribution in [0.15, 0.2) is 30.6 Å². The zero-order chi connectivity index (χ0) is 16.4. The number of nitrogens with one attached hydrogen (secondary N) is 2. The van der Waals surface area contributed by atoms with Gasteiger partial charge in [-0.3, -0.25) is 4.79 Å². The molecule has 0 fully saturated rings. The number of amides is 1. The third-order valence-corrected chi connectivity index (χ3v) is 3.77. The molecule has 0 atom stereocenters. The number of aromatic amines is 1. The SMILES string of the molecule is Cc1cc(C(=O)NCCc2ccc[nH]2)c2cnn(C(C)C)c2n1. The molecule has 1 amide bonds. The van der Waals surface area contributed by atoms with Gasteiger partial charge in [-0.2, -0.15) is 5.10 Å². The van der Waals surface area contributed by atoms with Crippen LogP contribution >= 0.6 is 0 Å². The fourth-order valence-corrected chi connectivity index (χ4v) is 2.64. The van der Waals surface area contributed by atoms with Crippen molar-refractivity contribution in [3.63, 3.8) is 0 Å². The first-order valence-corrected chi connectivity index (χ1v) is 7.81. The number of hydrogen-bond donors (Lipinski definition) is 2. The largest absolute Gasteiger partial charge is 0.365 e. The number of pyridine rings is 1. The first-order valence-electron chi connectivity index (χ1n) is 7.81. The van der Waals surface area contributed by atoms with Crippen molar-refractivity contribution in [2.45, 2.75) is 33.2 Å². The molecule has 0 aliphatic heterocycles. The van der Waals surface area contributed by atoms with E-state index in [1.54, 1.807) is 6.20 Å². The van der Waals surface area contributed by atoms with Gasteiger partial charge in [0, 0.05) is 36.6 Å². The summed E-state index contributed by atoms with van der Waals surface area (Å²) in [6.07, 6.45) is 4.38. The van der Waals surface area contributed by atoms with Gasteiger partial charge in [-0.1, -0.05) is 0 Å². The van der Waals surface area contributed by atoms with Gasteiger partial charge in [0.25, 0.3) is 5.91 Å². The predicted octanol–water partition coefficient (Wildman–Crippen LogP) is 2.62. The molecule has 23 heavy (non-hydrogen) atoms. The lowest BCUT2D eigenvalue weighted by Gasteiger charge is -2.09. The first kappa shape index (κ1) is 15.3. The van der Waals surface area contributed by atoms with Crippen molar-refractivity contribution in [1.82, 2.24) is 25.1 Å². The number of aryl methyl sites for hydroxylation is 1. The summed E-state index contributed by atoms with van der Waals surface area (Å²) in [4.78, 5) is 20.2. The number of nitrogens with zero attached hydrogens (tertiary/aromatic N) is 3. The van der Waals surface area contributed by atoms with E-state index in [-0.39, 0.29) is 11.9 Å². The Labute approximate surface area is 134 Å². The lowest BCUT2D eigenvalue weighted by Crippen LogP contribution is -2.26. The van der Waals surface area contributed by atoms with E-state index in [1.807, 2.05) is 49.8 Å². The molecular weight excluding hydrogens is 290 g/mol. The number of hydrogen-bond acceptors (Lipinski definition) is 3. The van der Waals surface area contributed by atoms with E-state index in [2.05, 4.69) is 20.4 Å². The Morgan fingerprint density at radius 3 is 2.96 bits per heavy atom. The van der Waals surface area contributed by atoms with Gasteiger partial charge in [0.15, 0.2) is 5.65 Å². The fourth-order valence-electron chi connectivity index (χ4n) is 2.64. The van der Waals surface area contributed by atoms with Crippen LogP contribution in [-0.2, 0) is 6.42 Å². The summed E-state index contributed by atoms with van der Waals surface area (Å²) in [6.45, 7) is 6.58. The molecule has 0 saturated heterocycles. The van der Waals surface area contributed by atoms with E-state index in [0.29, 0.717) is 12.1 Å². The molecule has 120 valence electrons. The van der Waals surface area contributed by atoms with Crippen LogP contribution in [-0.4, -0.2) is 32.2 Å². The second-order valence-corrected chi connectivity index (χ2v) is 5.93. The van der Waals surface area contributed by atoms with E-state index in [9.17, 15) is 4.79 Å². The van der Waals surface area contributed by atoms with Gasteiger partial charge >= 0.3 is 0 Å². The summed E-state index contributed by atoms with van der Waals surface area (Å²) in [6, 6.07) is 5.98. The molecule has 3 aromatic rings. The Hall–Kier alpha value is -2.63. The van der Waals surface area contributed by atoms with Crippen LogP contribution in [0.3, 0.4) is 0 Å². The molecule has 3 rings (SSSR count). The van der Waals surface area contributed by atoms with Crippen molar-refractivity contribution < 1.29 is 4.79 Å². The molecule has 3 aromatic heterocycles. The molecular formula is C17H21N5O. The van der Waals surface area contributed by atoms with Gasteiger partial charge in [0.05, 0.1) is 17.1 Å². The van der Waals surface area contributed by atoms with Gasteiger partial charge in [-0.05, 0) is 39.0 Å². The number of H-pyrrole nitrogens is 1. The molecule has 0 aliphatic carbocycles. The van der Waals surface area contributed by atoms with Crippen molar-refractivity contribution in [2.75, 3.05) is 6.54 Å². The van der Waals surface area contributed by atoms with Gasteiger partial charge in [-0.25, -0.2) is 9.67 Å². The van der Waals surface area contributed by atoms with Crippen LogP contribution in [0.2, 0.25) is 0 Å². The smallest absolute Gasteiger partial charge is 0.252 e. The van der Waals surface area contributed by atoms with Crippen molar-refractivity contribution >= 4 is 16.9 Å². The summed E-state index contributed by atoms with van der Waals surface area (Å²) in [7, 11) is 0. The van der Waals surface area contributed by atoms with E-state index >= 15 is 0 Å². The average Bonchev–Trinajstić information content (AvgIpc) is 3.15. The number of fused-ring (bicyclic) bond motifs is 1. The Morgan fingerprint density at radius 2 is 2.26 bits per heavy atom. The zero-order valence-electron chi connectivity index (χ0n) is 13.6. The Morgan fingerprint density at radius 1 is 1.43 bits per heavy atom. The van der Waals surface area contributed by atoms with Crippen LogP contribution in [0.25, 0.3) is 11.0 Å². The molecule has 6 heteroatoms. The van der Waals surface area contributed by atoms with Crippen molar-refractivity contribution in [2.24, 2.45) is 0 Å². The molecule has 6 nitrogen and oxygen atoms in total. The third-order valence-electron chi connectivity index (χ3n) is 3.77. The topological polar surface area (TPSA) is 75.6 Å². The summed E-state index contributed by atoms with van der Waals surface area (Å²) in [5.74, 6) is -0.0876. The summed E-state index contributed by atoms with van der Waals surface area (Å²) in [5, 5.41) is 8.13. The van der Waals surface area contributed by atoms with E-state index in [4.69, 9.17) is 0 Å². The summed E-state index contributed by atoms with van der Waals surface area (Å²) < 4.78 is 1.85. The zero-order valence-corrected chi connectivity index (χ0v) is 13.6. The Balaban J connectivity index is 1.82. The molecule has 3 heterocycles. The van der Waals surface area contributed by atoms with Gasteiger partial charge in [0.1, 0.15) is 0 Å². The molecule has 0 aliphatic rings. The Bertz CT molecular complexity index is 817. The maximum Gasteiger partial charge on any atom is 0.252 e. The quantitative estimate of drug-likeness (QED) is 0.760. The second-order valence-electron chi connectivity index (χ2n) is 5.93. The van der Waals surface area contributed by atoms with Crippen molar-refractivity contribution in [3.05, 3.63) is 47.5 Å². The molecule has 0 aromatic carbocycles. The van der Waals surface area contributed by atoms with Crippen molar-refractivity contribution in [3.8, 4) is 0 Å². The van der Waals surface area contributed by atoms with Crippen LogP contribution < -0.4 is 5.32 Å². The minimum Gasteiger partial charge on any atom is -0.365 e. The van der Waals surface area contributed by atoms with Crippen LogP contribution in [0.4, 0.5) is 0 Å². The van der Waals surface area contributed by atoms with Crippen molar-refractivity contribution in [1.29, 1.82) is 0 Å². The fraction of sp³-hybridized carbons (Fsp3) is 0.353. The predicted molar refractivity (Wildman–Crippen MR) is 89.5 cm³/mol. The average molecular weight is 311 g/mol. The van der Waals surface area contributed by atoms with Crippen LogP contribution in [0.1, 0.15) is 41.6 Å². The highest BCUT2D eigenvalue weighted by atomic mass is 16.1. The number of rotatable bonds is 5. The highest BCUT2D eigenvalue weighted by Crippen LogP contribution is 2.20. The number of carbonyl (C=O) groups excluding carboxylic acids is 1. The van der Waals surface area contributed by atoms with E-state index in [0.717, 1.165) is 28.8 Å². The minimum absolute atomic E-state index is 0.0876. The van der Waals surface area contributed by atoms with Crippen LogP contribution in [0.5, 0.6) is 0 Å². The van der Waals surface area contributed by atoms with Crippen LogP contribution in [0, 0.1) is 6.92 Å². The molecule has 0 radical (unpaired) electrons. The molecule has 0 bridgehead atoms. The van der Waals surface area contributed by atoms with E-state index < -0.39 is 0 Å². The third kappa shape index (κ3) is 3.11. The molecule has 0 spiro atoms. The summed E-state index contributed by atoms with van der Waals surface area (Å²) in [5.41, 5.74) is 3.31. The number of carbonyl (C=O) groups is 1. The molecule has 0 unspecified atom stereocenters. The van der Waals surface area contributed by atoms with Gasteiger partial charge < -0.3 is 10.3 Å². The monoisotopic (exact) mass is 311 g/mol. The van der Waals surface area contributed by atoms with Gasteiger partial charge in [0.2, 0.25) is 0 Å². The lowest BCUT2D eigenvalue weighted by molar-refractivity contribution is 0.0955. The number of aromatic nitrogens is 4. The standard InChI is InChI=1S/C17H21N5O/c1-11(2)22-16-15(10-20-22)14(9-12(3)21-16)17(23)19-8-6-13-5-4-7-18-13/h4-5,7,9-11,18H,6,8H2,1-3H3,(H,19,23). The first-order chi connectivity index (χ1) is 11.1. The normalized spacial score (nSPS) is 11.3.